The summed E-state index contributed by atoms with van der Waals surface area (Å²) in [6, 6.07) is 4.42. The Morgan fingerprint density at radius 3 is 2.75 bits per heavy atom. The number of sulfone groups is 1. The summed E-state index contributed by atoms with van der Waals surface area (Å²) in [5.74, 6) is -0.204. The lowest BCUT2D eigenvalue weighted by atomic mass is 10.1. The zero-order valence-electron chi connectivity index (χ0n) is 11.7. The van der Waals surface area contributed by atoms with E-state index in [0.717, 1.165) is 24.7 Å². The van der Waals surface area contributed by atoms with Crippen LogP contribution in [0.25, 0.3) is 0 Å². The first-order chi connectivity index (χ1) is 9.34. The van der Waals surface area contributed by atoms with Crippen LogP contribution in [-0.4, -0.2) is 49.8 Å². The van der Waals surface area contributed by atoms with Gasteiger partial charge in [0.05, 0.1) is 17.5 Å². The third kappa shape index (κ3) is 2.86. The van der Waals surface area contributed by atoms with Crippen molar-refractivity contribution in [1.82, 2.24) is 4.90 Å². The van der Waals surface area contributed by atoms with E-state index in [1.54, 1.807) is 17.9 Å². The zero-order valence-corrected chi connectivity index (χ0v) is 12.5. The predicted octanol–water partition coefficient (Wildman–Crippen LogP) is 0.995. The molecule has 1 heterocycles. The monoisotopic (exact) mass is 297 g/mol. The Bertz CT molecular complexity index is 624. The maximum atomic E-state index is 12.5. The minimum atomic E-state index is -3.34. The number of benzene rings is 1. The van der Waals surface area contributed by atoms with Crippen molar-refractivity contribution < 1.29 is 18.3 Å². The predicted molar refractivity (Wildman–Crippen MR) is 75.4 cm³/mol. The number of aliphatic hydroxyl groups excluding tert-OH is 1. The van der Waals surface area contributed by atoms with Crippen molar-refractivity contribution >= 4 is 15.7 Å². The van der Waals surface area contributed by atoms with E-state index >= 15 is 0 Å². The highest BCUT2D eigenvalue weighted by Gasteiger charge is 2.29. The summed E-state index contributed by atoms with van der Waals surface area (Å²) >= 11 is 0. The van der Waals surface area contributed by atoms with E-state index in [4.69, 9.17) is 0 Å². The van der Waals surface area contributed by atoms with Gasteiger partial charge < -0.3 is 10.0 Å². The van der Waals surface area contributed by atoms with E-state index < -0.39 is 9.84 Å². The van der Waals surface area contributed by atoms with Gasteiger partial charge in [0.2, 0.25) is 0 Å². The van der Waals surface area contributed by atoms with E-state index in [1.807, 2.05) is 0 Å². The Balaban J connectivity index is 2.39. The quantitative estimate of drug-likeness (QED) is 0.903. The first kappa shape index (κ1) is 15.0. The fourth-order valence-corrected chi connectivity index (χ4v) is 3.16. The number of likely N-dealkylation sites (tertiary alicyclic amines) is 1. The van der Waals surface area contributed by atoms with Gasteiger partial charge in [0.25, 0.3) is 5.91 Å². The van der Waals surface area contributed by atoms with Crippen molar-refractivity contribution in [3.8, 4) is 0 Å². The standard InChI is InChI=1S/C14H19NO4S/c1-10-5-6-12(20(2,18)19)8-13(10)14(17)15-7-3-4-11(15)9-16/h5-6,8,11,16H,3-4,7,9H2,1-2H3/t11-/m0/s1. The third-order valence-electron chi connectivity index (χ3n) is 3.72. The van der Waals surface area contributed by atoms with Crippen molar-refractivity contribution in [2.24, 2.45) is 0 Å². The molecule has 0 radical (unpaired) electrons. The number of carbonyl (C=O) groups excluding carboxylic acids is 1. The molecule has 1 aromatic rings. The third-order valence-corrected chi connectivity index (χ3v) is 4.83. The van der Waals surface area contributed by atoms with Gasteiger partial charge in [-0.25, -0.2) is 8.42 Å². The summed E-state index contributed by atoms with van der Waals surface area (Å²) < 4.78 is 23.2. The van der Waals surface area contributed by atoms with Crippen LogP contribution >= 0.6 is 0 Å². The second kappa shape index (κ2) is 5.54. The Morgan fingerprint density at radius 1 is 1.45 bits per heavy atom. The Hall–Kier alpha value is -1.40. The van der Waals surface area contributed by atoms with Crippen LogP contribution in [0.4, 0.5) is 0 Å². The number of hydrogen-bond acceptors (Lipinski definition) is 4. The molecule has 1 amide bonds. The average molecular weight is 297 g/mol. The summed E-state index contributed by atoms with van der Waals surface area (Å²) in [5, 5.41) is 9.30. The molecule has 0 aromatic heterocycles. The molecular formula is C14H19NO4S. The minimum absolute atomic E-state index is 0.0590. The van der Waals surface area contributed by atoms with Gasteiger partial charge in [0.1, 0.15) is 0 Å². The van der Waals surface area contributed by atoms with Crippen molar-refractivity contribution in [1.29, 1.82) is 0 Å². The van der Waals surface area contributed by atoms with E-state index in [1.165, 1.54) is 12.1 Å². The SMILES string of the molecule is Cc1ccc(S(C)(=O)=O)cc1C(=O)N1CCC[C@H]1CO. The smallest absolute Gasteiger partial charge is 0.254 e. The molecule has 1 aliphatic heterocycles. The summed E-state index contributed by atoms with van der Waals surface area (Å²) in [7, 11) is -3.34. The van der Waals surface area contributed by atoms with Gasteiger partial charge in [-0.1, -0.05) is 6.07 Å². The molecule has 1 aliphatic rings. The molecule has 0 spiro atoms. The second-order valence-corrected chi connectivity index (χ2v) is 7.24. The lowest BCUT2D eigenvalue weighted by Gasteiger charge is -2.24. The van der Waals surface area contributed by atoms with Gasteiger partial charge in [-0.3, -0.25) is 4.79 Å². The summed E-state index contributed by atoms with van der Waals surface area (Å²) in [6.07, 6.45) is 2.77. The lowest BCUT2D eigenvalue weighted by molar-refractivity contribution is 0.0676. The number of nitrogens with zero attached hydrogens (tertiary/aromatic N) is 1. The number of rotatable bonds is 3. The lowest BCUT2D eigenvalue weighted by Crippen LogP contribution is -2.38. The first-order valence-corrected chi connectivity index (χ1v) is 8.46. The van der Waals surface area contributed by atoms with Gasteiger partial charge in [0.15, 0.2) is 9.84 Å². The van der Waals surface area contributed by atoms with Crippen LogP contribution in [0.3, 0.4) is 0 Å². The zero-order chi connectivity index (χ0) is 14.9. The minimum Gasteiger partial charge on any atom is -0.394 e. The van der Waals surface area contributed by atoms with Crippen LogP contribution < -0.4 is 0 Å². The molecule has 1 saturated heterocycles. The molecule has 5 nitrogen and oxygen atoms in total. The van der Waals surface area contributed by atoms with Gasteiger partial charge in [-0.2, -0.15) is 0 Å². The molecule has 2 rings (SSSR count). The maximum Gasteiger partial charge on any atom is 0.254 e. The Morgan fingerprint density at radius 2 is 2.15 bits per heavy atom. The van der Waals surface area contributed by atoms with Gasteiger partial charge in [-0.05, 0) is 37.5 Å². The van der Waals surface area contributed by atoms with E-state index in [-0.39, 0.29) is 23.5 Å². The largest absolute Gasteiger partial charge is 0.394 e. The topological polar surface area (TPSA) is 74.7 Å². The van der Waals surface area contributed by atoms with Crippen molar-refractivity contribution in [3.63, 3.8) is 0 Å². The highest BCUT2D eigenvalue weighted by molar-refractivity contribution is 7.90. The molecule has 110 valence electrons. The van der Waals surface area contributed by atoms with E-state index in [9.17, 15) is 18.3 Å². The molecule has 0 saturated carbocycles. The van der Waals surface area contributed by atoms with Gasteiger partial charge in [0, 0.05) is 18.4 Å². The van der Waals surface area contributed by atoms with Crippen LogP contribution in [0.5, 0.6) is 0 Å². The second-order valence-electron chi connectivity index (χ2n) is 5.23. The fraction of sp³-hybridized carbons (Fsp3) is 0.500. The van der Waals surface area contributed by atoms with Crippen molar-refractivity contribution in [2.75, 3.05) is 19.4 Å². The van der Waals surface area contributed by atoms with Crippen LogP contribution in [0.2, 0.25) is 0 Å². The van der Waals surface area contributed by atoms with Crippen LogP contribution in [0.1, 0.15) is 28.8 Å². The number of aliphatic hydroxyl groups is 1. The Kier molecular flexibility index (Phi) is 4.15. The molecule has 0 unspecified atom stereocenters. The van der Waals surface area contributed by atoms with Crippen molar-refractivity contribution in [3.05, 3.63) is 29.3 Å². The molecule has 1 atom stereocenters. The maximum absolute atomic E-state index is 12.5. The molecular weight excluding hydrogens is 278 g/mol. The highest BCUT2D eigenvalue weighted by Crippen LogP contribution is 2.23. The van der Waals surface area contributed by atoms with Crippen molar-refractivity contribution in [2.45, 2.75) is 30.7 Å². The Labute approximate surface area is 119 Å². The van der Waals surface area contributed by atoms with E-state index in [0.29, 0.717) is 12.1 Å². The number of carbonyl (C=O) groups is 1. The molecule has 1 fully saturated rings. The van der Waals surface area contributed by atoms with Crippen LogP contribution in [-0.2, 0) is 9.84 Å². The van der Waals surface area contributed by atoms with Crippen LogP contribution in [0.15, 0.2) is 23.1 Å². The number of hydrogen-bond donors (Lipinski definition) is 1. The summed E-state index contributed by atoms with van der Waals surface area (Å²) in [5.41, 5.74) is 1.14. The number of aryl methyl sites for hydroxylation is 1. The van der Waals surface area contributed by atoms with Gasteiger partial charge in [-0.15, -0.1) is 0 Å². The average Bonchev–Trinajstić information content (AvgIpc) is 2.85. The van der Waals surface area contributed by atoms with Gasteiger partial charge >= 0.3 is 0 Å². The molecule has 1 aromatic carbocycles. The number of amides is 1. The fourth-order valence-electron chi connectivity index (χ4n) is 2.51. The van der Waals surface area contributed by atoms with E-state index in [2.05, 4.69) is 0 Å². The van der Waals surface area contributed by atoms with Crippen LogP contribution in [0, 0.1) is 6.92 Å². The summed E-state index contributed by atoms with van der Waals surface area (Å²) in [6.45, 7) is 2.33. The molecule has 0 bridgehead atoms. The normalized spacial score (nSPS) is 19.4. The molecule has 1 N–H and O–H groups in total. The highest BCUT2D eigenvalue weighted by atomic mass is 32.2. The first-order valence-electron chi connectivity index (χ1n) is 6.57. The summed E-state index contributed by atoms with van der Waals surface area (Å²) in [4.78, 5) is 14.3. The molecule has 0 aliphatic carbocycles. The molecule has 20 heavy (non-hydrogen) atoms. The molecule has 6 heteroatoms.